The molecule has 0 spiro atoms. The Bertz CT molecular complexity index is 2450. The average Bonchev–Trinajstić information content (AvgIpc) is 3.99. The number of aromatic nitrogens is 8. The summed E-state index contributed by atoms with van der Waals surface area (Å²) < 4.78 is 69.4. The van der Waals surface area contributed by atoms with Crippen molar-refractivity contribution in [1.82, 2.24) is 44.8 Å². The number of amides is 1. The minimum Gasteiger partial charge on any atom is -0.476 e. The molecule has 18 nitrogen and oxygen atoms in total. The molecule has 5 aromatic rings. The number of carbonyl (C=O) groups excluding carboxylic acids is 1. The minimum atomic E-state index is -1.36. The van der Waals surface area contributed by atoms with Crippen molar-refractivity contribution in [2.45, 2.75) is 141 Å². The van der Waals surface area contributed by atoms with Crippen LogP contribution in [0.4, 0.5) is 29.2 Å². The highest BCUT2D eigenvalue weighted by Crippen LogP contribution is 2.31. The number of nitrogens with one attached hydrogen (secondary N) is 3. The molecular weight excluding hydrogens is 903 g/mol. The Kier molecular flexibility index (Phi) is 17.4. The lowest BCUT2D eigenvalue weighted by atomic mass is 10.2. The quantitative estimate of drug-likeness (QED) is 0.0318. The number of rotatable bonds is 18. The molecule has 66 heavy (non-hydrogen) atoms. The highest BCUT2D eigenvalue weighted by Gasteiger charge is 2.37. The number of carbonyl (C=O) groups is 2. The van der Waals surface area contributed by atoms with Crippen LogP contribution in [0, 0.1) is 11.6 Å². The number of nitrogens with zero attached hydrogens (tertiary/aromatic N) is 8. The van der Waals surface area contributed by atoms with Crippen LogP contribution in [0.5, 0.6) is 0 Å². The molecule has 2 aliphatic carbocycles. The van der Waals surface area contributed by atoms with Gasteiger partial charge < -0.3 is 40.7 Å². The van der Waals surface area contributed by atoms with Crippen molar-refractivity contribution in [3.63, 3.8) is 0 Å². The summed E-state index contributed by atoms with van der Waals surface area (Å²) >= 11 is 0. The number of alkyl halides is 2. The zero-order valence-corrected chi connectivity index (χ0v) is 39.2. The van der Waals surface area contributed by atoms with Gasteiger partial charge in [-0.25, -0.2) is 51.7 Å². The molecule has 6 N–H and O–H groups in total. The Balaban J connectivity index is 0.000000253. The number of hydrogen-bond acceptors (Lipinski definition) is 14. The summed E-state index contributed by atoms with van der Waals surface area (Å²) in [7, 11) is -2.56. The van der Waals surface area contributed by atoms with Crippen LogP contribution in [0.15, 0.2) is 30.9 Å². The Morgan fingerprint density at radius 2 is 1.21 bits per heavy atom. The number of carboxylic acids is 1. The molecule has 362 valence electrons. The number of carboxylic acid groups (broad SMARTS) is 1. The van der Waals surface area contributed by atoms with Gasteiger partial charge in [-0.3, -0.25) is 4.79 Å². The maximum Gasteiger partial charge on any atom is 0.357 e. The molecule has 2 unspecified atom stereocenters. The maximum absolute atomic E-state index is 14.1. The SMILES string of the molecule is C.C[Si](C)(C)CCOCn1nc(C(=O)NCc2cc(F)ccc2F)c2c(NC3CC[C@H](F)[C@H]3O)ncnc21.C[Si](C)(C)CCOCn1nc(C(=O)O)c2c(NC3CC[C@H](F)[C@H]3O)ncnc21. The first-order chi connectivity index (χ1) is 30.7. The predicted octanol–water partition coefficient (Wildman–Crippen LogP) is 6.37. The second-order valence-electron chi connectivity index (χ2n) is 18.6. The summed E-state index contributed by atoms with van der Waals surface area (Å²) in [4.78, 5) is 41.6. The first-order valence-electron chi connectivity index (χ1n) is 21.4. The molecule has 0 saturated heterocycles. The summed E-state index contributed by atoms with van der Waals surface area (Å²) in [5.74, 6) is -2.75. The standard InChI is InChI=1S/C24H31F3N6O3Si.C17H26FN5O4Si.CH4/c1-37(2,3)9-8-36-13-33-23-19(22(29-12-30-23)31-18-7-6-17(27)21(18)34)20(32-33)24(35)28-11-14-10-15(25)4-5-16(14)26;1-28(2,3)7-6-27-9-23-16-12(13(22-23)17(25)26)15(19-8-20-16)21-11-5-4-10(18)14(11)24;/h4-5,10,12,17-18,21,34H,6-9,11,13H2,1-3H3,(H,28,35)(H,29,30,31);8,10-11,14,24H,4-7,9H2,1-3H3,(H,25,26)(H,19,20,21);1H4/t17-,18?,21+;10-,11?,14+;/m00./s1. The van der Waals surface area contributed by atoms with Crippen LogP contribution < -0.4 is 16.0 Å². The Labute approximate surface area is 381 Å². The van der Waals surface area contributed by atoms with E-state index in [4.69, 9.17) is 9.47 Å². The van der Waals surface area contributed by atoms with Crippen molar-refractivity contribution in [3.8, 4) is 0 Å². The molecule has 1 aromatic carbocycles. The molecule has 6 atom stereocenters. The van der Waals surface area contributed by atoms with Gasteiger partial charge in [-0.1, -0.05) is 46.7 Å². The third-order valence-corrected chi connectivity index (χ3v) is 14.5. The van der Waals surface area contributed by atoms with Crippen LogP contribution in [-0.4, -0.2) is 133 Å². The zero-order valence-electron chi connectivity index (χ0n) is 37.2. The van der Waals surface area contributed by atoms with Crippen LogP contribution in [0.25, 0.3) is 22.1 Å². The van der Waals surface area contributed by atoms with E-state index in [1.807, 2.05) is 0 Å². The summed E-state index contributed by atoms with van der Waals surface area (Å²) in [5, 5.41) is 47.2. The minimum absolute atomic E-state index is 0. The van der Waals surface area contributed by atoms with E-state index >= 15 is 0 Å². The predicted molar refractivity (Wildman–Crippen MR) is 245 cm³/mol. The fourth-order valence-corrected chi connectivity index (χ4v) is 8.77. The molecule has 0 bridgehead atoms. The van der Waals surface area contributed by atoms with Gasteiger partial charge in [0.25, 0.3) is 5.91 Å². The van der Waals surface area contributed by atoms with Gasteiger partial charge in [0.2, 0.25) is 0 Å². The average molecular weight is 964 g/mol. The van der Waals surface area contributed by atoms with Crippen LogP contribution in [0.3, 0.4) is 0 Å². The molecule has 2 fully saturated rings. The number of aliphatic hydroxyl groups excluding tert-OH is 2. The van der Waals surface area contributed by atoms with E-state index in [9.17, 15) is 42.5 Å². The first-order valence-corrected chi connectivity index (χ1v) is 28.8. The van der Waals surface area contributed by atoms with E-state index in [1.165, 1.54) is 22.0 Å². The highest BCUT2D eigenvalue weighted by molar-refractivity contribution is 6.76. The molecule has 4 heterocycles. The highest BCUT2D eigenvalue weighted by atomic mass is 28.3. The normalized spacial score (nSPS) is 20.8. The van der Waals surface area contributed by atoms with Gasteiger partial charge in [0, 0.05) is 41.5 Å². The number of hydrogen-bond donors (Lipinski definition) is 6. The van der Waals surface area contributed by atoms with Crippen LogP contribution in [-0.2, 0) is 29.5 Å². The first kappa shape index (κ1) is 51.8. The third kappa shape index (κ3) is 13.1. The van der Waals surface area contributed by atoms with Crippen molar-refractivity contribution in [3.05, 3.63) is 59.4 Å². The van der Waals surface area contributed by atoms with E-state index in [-0.39, 0.29) is 79.6 Å². The lowest BCUT2D eigenvalue weighted by molar-refractivity contribution is 0.0675. The van der Waals surface area contributed by atoms with Gasteiger partial charge >= 0.3 is 5.97 Å². The largest absolute Gasteiger partial charge is 0.476 e. The van der Waals surface area contributed by atoms with E-state index in [2.05, 4.69) is 85.4 Å². The molecule has 2 aliphatic rings. The van der Waals surface area contributed by atoms with Crippen molar-refractivity contribution in [2.24, 2.45) is 0 Å². The fraction of sp³-hybridized carbons (Fsp3) is 0.571. The van der Waals surface area contributed by atoms with Crippen LogP contribution in [0.2, 0.25) is 51.4 Å². The van der Waals surface area contributed by atoms with Gasteiger partial charge in [-0.05, 0) is 56.0 Å². The Morgan fingerprint density at radius 3 is 1.65 bits per heavy atom. The van der Waals surface area contributed by atoms with Crippen molar-refractivity contribution in [2.75, 3.05) is 23.8 Å². The Hall–Kier alpha value is -5.15. The number of aliphatic hydroxyl groups is 2. The van der Waals surface area contributed by atoms with Crippen molar-refractivity contribution < 1.29 is 51.9 Å². The van der Waals surface area contributed by atoms with E-state index in [1.54, 1.807) is 0 Å². The lowest BCUT2D eigenvalue weighted by Crippen LogP contribution is -2.33. The van der Waals surface area contributed by atoms with Crippen LogP contribution >= 0.6 is 0 Å². The summed E-state index contributed by atoms with van der Waals surface area (Å²) in [6.45, 7) is 14.3. The molecule has 2 saturated carbocycles. The number of benzene rings is 1. The summed E-state index contributed by atoms with van der Waals surface area (Å²) in [6.07, 6.45) is -1.26. The summed E-state index contributed by atoms with van der Waals surface area (Å²) in [5.41, 5.74) is 0.317. The van der Waals surface area contributed by atoms with Crippen LogP contribution in [0.1, 0.15) is 59.7 Å². The molecule has 1 amide bonds. The zero-order chi connectivity index (χ0) is 47.2. The lowest BCUT2D eigenvalue weighted by Gasteiger charge is -2.18. The summed E-state index contributed by atoms with van der Waals surface area (Å²) in [6, 6.07) is 3.73. The van der Waals surface area contributed by atoms with Crippen molar-refractivity contribution in [1.29, 1.82) is 0 Å². The van der Waals surface area contributed by atoms with E-state index in [0.717, 1.165) is 30.3 Å². The molecule has 0 radical (unpaired) electrons. The molecule has 4 aromatic heterocycles. The van der Waals surface area contributed by atoms with Gasteiger partial charge in [-0.15, -0.1) is 0 Å². The number of halogens is 4. The van der Waals surface area contributed by atoms with E-state index in [0.29, 0.717) is 37.3 Å². The number of fused-ring (bicyclic) bond motifs is 2. The van der Waals surface area contributed by atoms with Gasteiger partial charge in [-0.2, -0.15) is 10.2 Å². The number of aromatic carboxylic acids is 1. The smallest absolute Gasteiger partial charge is 0.357 e. The van der Waals surface area contributed by atoms with Gasteiger partial charge in [0.05, 0.1) is 22.9 Å². The van der Waals surface area contributed by atoms with Crippen molar-refractivity contribution >= 4 is 61.7 Å². The monoisotopic (exact) mass is 963 g/mol. The number of anilines is 2. The second-order valence-corrected chi connectivity index (χ2v) is 29.9. The molecule has 24 heteroatoms. The fourth-order valence-electron chi connectivity index (χ4n) is 7.25. The second kappa shape index (κ2) is 22.1. The van der Waals surface area contributed by atoms with Gasteiger partial charge in [0.15, 0.2) is 22.7 Å². The Morgan fingerprint density at radius 1 is 0.742 bits per heavy atom. The molecular formula is C42H61F4N11O7Si2. The van der Waals surface area contributed by atoms with Gasteiger partial charge in [0.1, 0.15) is 73.9 Å². The topological polar surface area (TPSA) is 237 Å². The molecule has 0 aliphatic heterocycles. The third-order valence-electron chi connectivity index (χ3n) is 11.1. The maximum atomic E-state index is 14.1. The van der Waals surface area contributed by atoms with E-state index < -0.39 is 76.3 Å². The number of ether oxygens (including phenoxy) is 2. The molecule has 7 rings (SSSR count).